The quantitative estimate of drug-likeness (QED) is 0.571. The van der Waals surface area contributed by atoms with Crippen molar-refractivity contribution in [1.29, 1.82) is 0 Å². The van der Waals surface area contributed by atoms with Gasteiger partial charge in [0.25, 0.3) is 0 Å². The van der Waals surface area contributed by atoms with Crippen LogP contribution in [0.5, 0.6) is 0 Å². The van der Waals surface area contributed by atoms with E-state index in [2.05, 4.69) is 10.6 Å². The van der Waals surface area contributed by atoms with Crippen molar-refractivity contribution >= 4 is 6.09 Å². The third kappa shape index (κ3) is 2.32. The van der Waals surface area contributed by atoms with Crippen molar-refractivity contribution in [2.24, 2.45) is 0 Å². The third-order valence-electron chi connectivity index (χ3n) is 2.54. The minimum atomic E-state index is -0.994. The smallest absolute Gasteiger partial charge is 0.405 e. The molecule has 1 heterocycles. The van der Waals surface area contributed by atoms with Crippen LogP contribution >= 0.6 is 0 Å². The molecule has 1 aliphatic rings. The molecule has 0 bridgehead atoms. The Labute approximate surface area is 77.5 Å². The lowest BCUT2D eigenvalue weighted by Crippen LogP contribution is -2.62. The molecule has 76 valence electrons. The maximum Gasteiger partial charge on any atom is 0.405 e. The van der Waals surface area contributed by atoms with Gasteiger partial charge in [-0.3, -0.25) is 0 Å². The van der Waals surface area contributed by atoms with Crippen LogP contribution in [0.25, 0.3) is 0 Å². The van der Waals surface area contributed by atoms with Crippen LogP contribution in [0.1, 0.15) is 13.3 Å². The minimum Gasteiger partial charge on any atom is -0.465 e. The molecule has 1 rings (SSSR count). The SMILES string of the molecule is CO[C@@H]1CNCC[C@@]1(C)NC(=O)O. The van der Waals surface area contributed by atoms with Crippen molar-refractivity contribution in [2.45, 2.75) is 25.0 Å². The molecule has 0 aromatic heterocycles. The Bertz CT molecular complexity index is 198. The molecule has 0 aliphatic carbocycles. The molecule has 1 fully saturated rings. The van der Waals surface area contributed by atoms with Crippen LogP contribution in [0.4, 0.5) is 4.79 Å². The number of carboxylic acid groups (broad SMARTS) is 1. The normalized spacial score (nSPS) is 34.2. The highest BCUT2D eigenvalue weighted by atomic mass is 16.5. The summed E-state index contributed by atoms with van der Waals surface area (Å²) in [6.07, 6.45) is -0.346. The van der Waals surface area contributed by atoms with Crippen LogP contribution in [0.3, 0.4) is 0 Å². The Kier molecular flexibility index (Phi) is 3.11. The Morgan fingerprint density at radius 2 is 2.46 bits per heavy atom. The summed E-state index contributed by atoms with van der Waals surface area (Å²) in [6, 6.07) is 0. The monoisotopic (exact) mass is 188 g/mol. The standard InChI is InChI=1S/C8H16N2O3/c1-8(10-7(11)12)3-4-9-5-6(8)13-2/h6,9-10H,3-5H2,1-2H3,(H,11,12)/t6-,8-/m1/s1. The summed E-state index contributed by atoms with van der Waals surface area (Å²) in [5, 5.41) is 14.3. The molecule has 3 N–H and O–H groups in total. The summed E-state index contributed by atoms with van der Waals surface area (Å²) < 4.78 is 5.22. The average Bonchev–Trinajstić information content (AvgIpc) is 2.03. The fraction of sp³-hybridized carbons (Fsp3) is 0.875. The first-order valence-electron chi connectivity index (χ1n) is 4.33. The van der Waals surface area contributed by atoms with Crippen LogP contribution in [0.2, 0.25) is 0 Å². The van der Waals surface area contributed by atoms with E-state index in [9.17, 15) is 4.79 Å². The fourth-order valence-electron chi connectivity index (χ4n) is 1.70. The van der Waals surface area contributed by atoms with Gasteiger partial charge in [0.05, 0.1) is 11.6 Å². The Morgan fingerprint density at radius 3 is 3.00 bits per heavy atom. The molecule has 1 saturated heterocycles. The largest absolute Gasteiger partial charge is 0.465 e. The topological polar surface area (TPSA) is 70.6 Å². The number of rotatable bonds is 2. The molecule has 0 radical (unpaired) electrons. The van der Waals surface area contributed by atoms with Crippen LogP contribution < -0.4 is 10.6 Å². The number of methoxy groups -OCH3 is 1. The summed E-state index contributed by atoms with van der Waals surface area (Å²) in [5.41, 5.74) is -0.466. The average molecular weight is 188 g/mol. The van der Waals surface area contributed by atoms with E-state index >= 15 is 0 Å². The molecule has 5 nitrogen and oxygen atoms in total. The van der Waals surface area contributed by atoms with Crippen LogP contribution in [0, 0.1) is 0 Å². The number of piperidine rings is 1. The summed E-state index contributed by atoms with van der Waals surface area (Å²) in [5.74, 6) is 0. The number of amides is 1. The van der Waals surface area contributed by atoms with Gasteiger partial charge in [0.15, 0.2) is 0 Å². The van der Waals surface area contributed by atoms with Crippen molar-refractivity contribution in [3.8, 4) is 0 Å². The predicted octanol–water partition coefficient (Wildman–Crippen LogP) is 0.0210. The van der Waals surface area contributed by atoms with Crippen LogP contribution in [-0.2, 0) is 4.74 Å². The molecule has 0 unspecified atom stereocenters. The maximum atomic E-state index is 10.5. The summed E-state index contributed by atoms with van der Waals surface area (Å²) >= 11 is 0. The molecule has 1 aliphatic heterocycles. The molecule has 0 aromatic carbocycles. The summed E-state index contributed by atoms with van der Waals surface area (Å²) in [4.78, 5) is 10.5. The molecular formula is C8H16N2O3. The molecule has 1 amide bonds. The van der Waals surface area contributed by atoms with E-state index in [1.165, 1.54) is 0 Å². The zero-order valence-corrected chi connectivity index (χ0v) is 7.96. The second-order valence-corrected chi connectivity index (χ2v) is 3.53. The van der Waals surface area contributed by atoms with E-state index in [1.807, 2.05) is 6.92 Å². The first kappa shape index (κ1) is 10.3. The van der Waals surface area contributed by atoms with E-state index in [0.717, 1.165) is 13.0 Å². The Hall–Kier alpha value is -0.810. The van der Waals surface area contributed by atoms with E-state index in [1.54, 1.807) is 7.11 Å². The number of hydrogen-bond acceptors (Lipinski definition) is 3. The van der Waals surface area contributed by atoms with Gasteiger partial charge in [-0.2, -0.15) is 0 Å². The Balaban J connectivity index is 2.64. The number of ether oxygens (including phenoxy) is 1. The van der Waals surface area contributed by atoms with Crippen molar-refractivity contribution in [1.82, 2.24) is 10.6 Å². The minimum absolute atomic E-state index is 0.0997. The molecule has 0 saturated carbocycles. The van der Waals surface area contributed by atoms with Gasteiger partial charge in [-0.1, -0.05) is 0 Å². The van der Waals surface area contributed by atoms with Crippen LogP contribution in [-0.4, -0.2) is 43.0 Å². The van der Waals surface area contributed by atoms with Crippen LogP contribution in [0.15, 0.2) is 0 Å². The molecule has 13 heavy (non-hydrogen) atoms. The van der Waals surface area contributed by atoms with Gasteiger partial charge >= 0.3 is 6.09 Å². The molecule has 0 spiro atoms. The summed E-state index contributed by atoms with van der Waals surface area (Å²) in [6.45, 7) is 3.38. The first-order valence-corrected chi connectivity index (χ1v) is 4.33. The molecular weight excluding hydrogens is 172 g/mol. The highest BCUT2D eigenvalue weighted by Crippen LogP contribution is 2.20. The van der Waals surface area contributed by atoms with E-state index < -0.39 is 11.6 Å². The van der Waals surface area contributed by atoms with Crippen molar-refractivity contribution in [3.05, 3.63) is 0 Å². The second kappa shape index (κ2) is 3.93. The number of hydrogen-bond donors (Lipinski definition) is 3. The van der Waals surface area contributed by atoms with Crippen molar-refractivity contribution in [3.63, 3.8) is 0 Å². The van der Waals surface area contributed by atoms with Crippen molar-refractivity contribution in [2.75, 3.05) is 20.2 Å². The first-order chi connectivity index (χ1) is 6.08. The lowest BCUT2D eigenvalue weighted by Gasteiger charge is -2.40. The molecule has 2 atom stereocenters. The van der Waals surface area contributed by atoms with E-state index in [0.29, 0.717) is 6.54 Å². The van der Waals surface area contributed by atoms with Gasteiger partial charge in [0, 0.05) is 13.7 Å². The lowest BCUT2D eigenvalue weighted by atomic mass is 9.88. The van der Waals surface area contributed by atoms with Gasteiger partial charge in [-0.15, -0.1) is 0 Å². The predicted molar refractivity (Wildman–Crippen MR) is 47.8 cm³/mol. The summed E-state index contributed by atoms with van der Waals surface area (Å²) in [7, 11) is 1.60. The third-order valence-corrected chi connectivity index (χ3v) is 2.54. The molecule has 0 aromatic rings. The fourth-order valence-corrected chi connectivity index (χ4v) is 1.70. The van der Waals surface area contributed by atoms with Gasteiger partial charge in [-0.05, 0) is 19.9 Å². The lowest BCUT2D eigenvalue weighted by molar-refractivity contribution is 0.00783. The van der Waals surface area contributed by atoms with Gasteiger partial charge < -0.3 is 20.5 Å². The molecule has 5 heteroatoms. The van der Waals surface area contributed by atoms with Crippen molar-refractivity contribution < 1.29 is 14.6 Å². The number of carbonyl (C=O) groups is 1. The van der Waals surface area contributed by atoms with Gasteiger partial charge in [-0.25, -0.2) is 4.79 Å². The maximum absolute atomic E-state index is 10.5. The zero-order valence-electron chi connectivity index (χ0n) is 7.96. The Morgan fingerprint density at radius 1 is 1.77 bits per heavy atom. The highest BCUT2D eigenvalue weighted by molar-refractivity contribution is 5.65. The number of nitrogens with one attached hydrogen (secondary N) is 2. The van der Waals surface area contributed by atoms with Gasteiger partial charge in [0.1, 0.15) is 0 Å². The zero-order chi connectivity index (χ0) is 9.90. The second-order valence-electron chi connectivity index (χ2n) is 3.53. The highest BCUT2D eigenvalue weighted by Gasteiger charge is 2.38. The van der Waals surface area contributed by atoms with Gasteiger partial charge in [0.2, 0.25) is 0 Å². The van der Waals surface area contributed by atoms with E-state index in [4.69, 9.17) is 9.84 Å². The van der Waals surface area contributed by atoms with E-state index in [-0.39, 0.29) is 6.10 Å².